The van der Waals surface area contributed by atoms with Gasteiger partial charge in [0.25, 0.3) is 10.0 Å². The van der Waals surface area contributed by atoms with E-state index < -0.39 is 10.0 Å². The highest BCUT2D eigenvalue weighted by molar-refractivity contribution is 9.10. The molecule has 1 aliphatic heterocycles. The van der Waals surface area contributed by atoms with Gasteiger partial charge in [0.05, 0.1) is 10.4 Å². The molecule has 1 fully saturated rings. The first-order valence-corrected chi connectivity index (χ1v) is 11.6. The van der Waals surface area contributed by atoms with Crippen LogP contribution in [0.2, 0.25) is 0 Å². The highest BCUT2D eigenvalue weighted by Gasteiger charge is 2.23. The van der Waals surface area contributed by atoms with E-state index in [4.69, 9.17) is 0 Å². The van der Waals surface area contributed by atoms with E-state index in [0.29, 0.717) is 10.4 Å². The van der Waals surface area contributed by atoms with Gasteiger partial charge < -0.3 is 4.90 Å². The van der Waals surface area contributed by atoms with Gasteiger partial charge in [-0.2, -0.15) is 0 Å². The first kappa shape index (κ1) is 19.6. The summed E-state index contributed by atoms with van der Waals surface area (Å²) < 4.78 is 28.7. The molecule has 1 aliphatic rings. The Morgan fingerprint density at radius 3 is 2.36 bits per heavy atom. The maximum absolute atomic E-state index is 13.2. The van der Waals surface area contributed by atoms with Crippen LogP contribution in [-0.2, 0) is 16.6 Å². The second kappa shape index (κ2) is 7.63. The second-order valence-corrected chi connectivity index (χ2v) is 10.2. The van der Waals surface area contributed by atoms with Crippen molar-refractivity contribution in [2.24, 2.45) is 0 Å². The summed E-state index contributed by atoms with van der Waals surface area (Å²) in [4.78, 5) is 5.05. The van der Waals surface area contributed by atoms with Crippen LogP contribution < -0.4 is 0 Å². The van der Waals surface area contributed by atoms with Crippen molar-refractivity contribution in [2.75, 3.05) is 33.2 Å². The Morgan fingerprint density at radius 1 is 1.00 bits per heavy atom. The van der Waals surface area contributed by atoms with Crippen molar-refractivity contribution in [3.05, 3.63) is 64.3 Å². The molecule has 2 aromatic carbocycles. The van der Waals surface area contributed by atoms with Gasteiger partial charge in [0.2, 0.25) is 0 Å². The van der Waals surface area contributed by atoms with Crippen LogP contribution in [0.3, 0.4) is 0 Å². The van der Waals surface area contributed by atoms with Crippen LogP contribution in [0, 0.1) is 6.92 Å². The Bertz CT molecular complexity index is 1100. The topological polar surface area (TPSA) is 45.6 Å². The smallest absolute Gasteiger partial charge is 0.268 e. The van der Waals surface area contributed by atoms with Crippen molar-refractivity contribution >= 4 is 36.9 Å². The van der Waals surface area contributed by atoms with E-state index in [1.54, 1.807) is 18.3 Å². The first-order chi connectivity index (χ1) is 13.4. The molecule has 148 valence electrons. The highest BCUT2D eigenvalue weighted by atomic mass is 79.9. The van der Waals surface area contributed by atoms with Gasteiger partial charge in [-0.05, 0) is 53.7 Å². The number of piperazine rings is 1. The van der Waals surface area contributed by atoms with Gasteiger partial charge in [-0.3, -0.25) is 4.90 Å². The quantitative estimate of drug-likeness (QED) is 0.594. The number of aromatic nitrogens is 1. The highest BCUT2D eigenvalue weighted by Crippen LogP contribution is 2.33. The lowest BCUT2D eigenvalue weighted by Crippen LogP contribution is -2.43. The molecule has 0 saturated carbocycles. The Kier molecular flexibility index (Phi) is 5.35. The molecular weight excluding hydrogens is 438 g/mol. The van der Waals surface area contributed by atoms with Gasteiger partial charge in [0, 0.05) is 48.8 Å². The van der Waals surface area contributed by atoms with Crippen molar-refractivity contribution in [1.29, 1.82) is 0 Å². The van der Waals surface area contributed by atoms with E-state index in [1.165, 1.54) is 3.97 Å². The molecule has 0 amide bonds. The van der Waals surface area contributed by atoms with E-state index in [0.717, 1.165) is 53.7 Å². The van der Waals surface area contributed by atoms with Crippen LogP contribution in [0.1, 0.15) is 11.1 Å². The summed E-state index contributed by atoms with van der Waals surface area (Å²) in [5.74, 6) is 0. The molecule has 0 bridgehead atoms. The number of hydrogen-bond donors (Lipinski definition) is 0. The molecule has 0 aliphatic carbocycles. The standard InChI is InChI=1S/C21H24BrN3O2S/c1-16-6-8-18(9-7-16)28(26,27)25-15-19(22)21-17(4-3-5-20(21)25)14-24-12-10-23(2)11-13-24/h3-9,15H,10-14H2,1-2H3. The Labute approximate surface area is 174 Å². The molecule has 4 rings (SSSR count). The lowest BCUT2D eigenvalue weighted by Gasteiger charge is -2.32. The normalized spacial score (nSPS) is 16.7. The zero-order chi connectivity index (χ0) is 19.9. The van der Waals surface area contributed by atoms with Gasteiger partial charge in [-0.15, -0.1) is 0 Å². The molecule has 0 spiro atoms. The molecule has 1 saturated heterocycles. The van der Waals surface area contributed by atoms with E-state index in [-0.39, 0.29) is 0 Å². The van der Waals surface area contributed by atoms with Gasteiger partial charge in [-0.1, -0.05) is 29.8 Å². The number of aryl methyl sites for hydroxylation is 1. The zero-order valence-corrected chi connectivity index (χ0v) is 18.5. The molecule has 0 atom stereocenters. The summed E-state index contributed by atoms with van der Waals surface area (Å²) in [6, 6.07) is 12.9. The van der Waals surface area contributed by atoms with Crippen LogP contribution in [-0.4, -0.2) is 55.4 Å². The van der Waals surface area contributed by atoms with Crippen LogP contribution >= 0.6 is 15.9 Å². The summed E-state index contributed by atoms with van der Waals surface area (Å²) in [5.41, 5.74) is 2.89. The van der Waals surface area contributed by atoms with Crippen molar-refractivity contribution in [1.82, 2.24) is 13.8 Å². The molecule has 28 heavy (non-hydrogen) atoms. The average Bonchev–Trinajstić information content (AvgIpc) is 3.03. The van der Waals surface area contributed by atoms with Gasteiger partial charge in [0.1, 0.15) is 0 Å². The number of halogens is 1. The maximum Gasteiger partial charge on any atom is 0.268 e. The number of benzene rings is 2. The van der Waals surface area contributed by atoms with Crippen LogP contribution in [0.15, 0.2) is 58.0 Å². The Morgan fingerprint density at radius 2 is 1.68 bits per heavy atom. The van der Waals surface area contributed by atoms with Gasteiger partial charge in [-0.25, -0.2) is 12.4 Å². The third-order valence-corrected chi connectivity index (χ3v) is 7.69. The molecule has 7 heteroatoms. The Balaban J connectivity index is 1.75. The molecule has 0 unspecified atom stereocenters. The predicted molar refractivity (Wildman–Crippen MR) is 116 cm³/mol. The van der Waals surface area contributed by atoms with E-state index in [1.807, 2.05) is 31.2 Å². The Hall–Kier alpha value is -1.67. The molecule has 5 nitrogen and oxygen atoms in total. The van der Waals surface area contributed by atoms with E-state index in [2.05, 4.69) is 38.8 Å². The van der Waals surface area contributed by atoms with Crippen molar-refractivity contribution in [2.45, 2.75) is 18.4 Å². The minimum absolute atomic E-state index is 0.298. The minimum atomic E-state index is -3.65. The van der Waals surface area contributed by atoms with E-state index in [9.17, 15) is 8.42 Å². The number of likely N-dealkylation sites (N-methyl/N-ethyl adjacent to an activating group) is 1. The number of hydrogen-bond acceptors (Lipinski definition) is 4. The molecule has 1 aromatic heterocycles. The van der Waals surface area contributed by atoms with Gasteiger partial charge in [0.15, 0.2) is 0 Å². The fraction of sp³-hybridized carbons (Fsp3) is 0.333. The largest absolute Gasteiger partial charge is 0.304 e. The minimum Gasteiger partial charge on any atom is -0.304 e. The SMILES string of the molecule is Cc1ccc(S(=O)(=O)n2cc(Br)c3c(CN4CCN(C)CC4)cccc32)cc1. The predicted octanol–water partition coefficient (Wildman–Crippen LogP) is 3.70. The monoisotopic (exact) mass is 461 g/mol. The molecule has 0 N–H and O–H groups in total. The number of rotatable bonds is 4. The van der Waals surface area contributed by atoms with E-state index >= 15 is 0 Å². The molecule has 3 aromatic rings. The average molecular weight is 462 g/mol. The first-order valence-electron chi connectivity index (χ1n) is 9.38. The summed E-state index contributed by atoms with van der Waals surface area (Å²) in [7, 11) is -1.51. The van der Waals surface area contributed by atoms with Crippen LogP contribution in [0.4, 0.5) is 0 Å². The van der Waals surface area contributed by atoms with Crippen LogP contribution in [0.25, 0.3) is 10.9 Å². The molecule has 0 radical (unpaired) electrons. The lowest BCUT2D eigenvalue weighted by molar-refractivity contribution is 0.148. The van der Waals surface area contributed by atoms with Crippen molar-refractivity contribution in [3.8, 4) is 0 Å². The van der Waals surface area contributed by atoms with Gasteiger partial charge >= 0.3 is 0 Å². The molecular formula is C21H24BrN3O2S. The van der Waals surface area contributed by atoms with Crippen LogP contribution in [0.5, 0.6) is 0 Å². The van der Waals surface area contributed by atoms with Crippen molar-refractivity contribution in [3.63, 3.8) is 0 Å². The number of fused-ring (bicyclic) bond motifs is 1. The third kappa shape index (κ3) is 3.64. The lowest BCUT2D eigenvalue weighted by atomic mass is 10.1. The summed E-state index contributed by atoms with van der Waals surface area (Å²) >= 11 is 3.61. The fourth-order valence-electron chi connectivity index (χ4n) is 3.68. The van der Waals surface area contributed by atoms with Crippen molar-refractivity contribution < 1.29 is 8.42 Å². The summed E-state index contributed by atoms with van der Waals surface area (Å²) in [6.45, 7) is 6.92. The summed E-state index contributed by atoms with van der Waals surface area (Å²) in [6.07, 6.45) is 1.67. The maximum atomic E-state index is 13.2. The zero-order valence-electron chi connectivity index (χ0n) is 16.1. The third-order valence-electron chi connectivity index (χ3n) is 5.40. The second-order valence-electron chi connectivity index (χ2n) is 7.48. The number of nitrogens with zero attached hydrogens (tertiary/aromatic N) is 3. The fourth-order valence-corrected chi connectivity index (χ4v) is 5.84. The molecule has 2 heterocycles. The summed E-state index contributed by atoms with van der Waals surface area (Å²) in [5, 5.41) is 0.970.